The van der Waals surface area contributed by atoms with Crippen LogP contribution in [0.25, 0.3) is 20.9 Å². The molecule has 0 aromatic rings. The maximum atomic E-state index is 7.81. The Kier molecular flexibility index (Phi) is 18.9. The van der Waals surface area contributed by atoms with E-state index in [2.05, 4.69) is 25.8 Å². The van der Waals surface area contributed by atoms with Gasteiger partial charge in [-0.2, -0.15) is 0 Å². The Balaban J connectivity index is 0. The van der Waals surface area contributed by atoms with Gasteiger partial charge in [-0.3, -0.25) is 0 Å². The summed E-state index contributed by atoms with van der Waals surface area (Å²) < 4.78 is 4.96. The Morgan fingerprint density at radius 2 is 1.86 bits per heavy atom. The summed E-state index contributed by atoms with van der Waals surface area (Å²) in [4.78, 5) is 5.04. The van der Waals surface area contributed by atoms with Crippen molar-refractivity contribution in [1.29, 1.82) is 0 Å². The smallest absolute Gasteiger partial charge is 0.0977 e. The zero-order valence-corrected chi connectivity index (χ0v) is 8.33. The van der Waals surface area contributed by atoms with Crippen LogP contribution in [-0.4, -0.2) is 32.8 Å². The van der Waals surface area contributed by atoms with Crippen LogP contribution in [0.15, 0.2) is 10.2 Å². The molecule has 0 saturated carbocycles. The molecule has 0 saturated heterocycles. The van der Waals surface area contributed by atoms with Crippen molar-refractivity contribution in [3.05, 3.63) is 20.9 Å². The highest BCUT2D eigenvalue weighted by atomic mass is 16.5. The minimum Gasteiger partial charge on any atom is -0.375 e. The predicted molar refractivity (Wildman–Crippen MR) is 52.3 cm³/mol. The third-order valence-electron chi connectivity index (χ3n) is 0.892. The van der Waals surface area contributed by atoms with Crippen LogP contribution in [0, 0.1) is 0 Å². The highest BCUT2D eigenvalue weighted by molar-refractivity contribution is 4.43. The fourth-order valence-electron chi connectivity index (χ4n) is 0.417. The van der Waals surface area contributed by atoms with E-state index in [4.69, 9.17) is 15.8 Å². The van der Waals surface area contributed by atoms with Crippen molar-refractivity contribution in [2.45, 2.75) is 6.92 Å². The Morgan fingerprint density at radius 3 is 2.21 bits per heavy atom. The van der Waals surface area contributed by atoms with Gasteiger partial charge in [0.25, 0.3) is 0 Å². The first-order valence-corrected chi connectivity index (χ1v) is 4.22. The summed E-state index contributed by atoms with van der Waals surface area (Å²) >= 11 is 0. The zero-order chi connectivity index (χ0) is 11.1. The van der Waals surface area contributed by atoms with Crippen molar-refractivity contribution in [2.75, 3.05) is 32.8 Å². The minimum absolute atomic E-state index is 0.413. The van der Waals surface area contributed by atoms with E-state index in [-0.39, 0.29) is 0 Å². The second-order valence-electron chi connectivity index (χ2n) is 1.97. The number of nitrogens with zero attached hydrogens (tertiary/aromatic N) is 6. The first-order chi connectivity index (χ1) is 6.83. The van der Waals surface area contributed by atoms with Gasteiger partial charge in [0.05, 0.1) is 19.8 Å². The standard InChI is InChI=1S/C4H10N4O.C2H5N3/c5-1-3-9-4-2-7-8-6;1-2-4-5-3/h1-5H2;2H2,1H3/p+1. The number of ether oxygens (including phenoxy) is 1. The molecule has 0 radical (unpaired) electrons. The van der Waals surface area contributed by atoms with Gasteiger partial charge in [0, 0.05) is 22.9 Å². The van der Waals surface area contributed by atoms with Gasteiger partial charge in [-0.05, 0) is 11.1 Å². The lowest BCUT2D eigenvalue weighted by atomic mass is 10.7. The molecule has 0 heterocycles. The number of rotatable bonds is 6. The Morgan fingerprint density at radius 1 is 1.21 bits per heavy atom. The molecule has 0 aliphatic rings. The second kappa shape index (κ2) is 17.6. The quantitative estimate of drug-likeness (QED) is 0.291. The van der Waals surface area contributed by atoms with E-state index >= 15 is 0 Å². The molecular formula is C6H16N7O+. The zero-order valence-electron chi connectivity index (χ0n) is 8.33. The SMILES string of the molecule is CCN=[N+]=[N-].[N-]=[N+]=NCCOCC[NH3+]. The monoisotopic (exact) mass is 202 g/mol. The van der Waals surface area contributed by atoms with E-state index in [0.717, 1.165) is 6.54 Å². The van der Waals surface area contributed by atoms with Gasteiger partial charge in [0.15, 0.2) is 0 Å². The van der Waals surface area contributed by atoms with Crippen molar-refractivity contribution in [2.24, 2.45) is 10.2 Å². The van der Waals surface area contributed by atoms with Gasteiger partial charge in [0.2, 0.25) is 0 Å². The van der Waals surface area contributed by atoms with Crippen LogP contribution in [0.5, 0.6) is 0 Å². The van der Waals surface area contributed by atoms with Gasteiger partial charge in [0.1, 0.15) is 0 Å². The van der Waals surface area contributed by atoms with Crippen LogP contribution < -0.4 is 5.73 Å². The molecule has 3 N–H and O–H groups in total. The van der Waals surface area contributed by atoms with E-state index < -0.39 is 0 Å². The molecule has 0 aromatic heterocycles. The first kappa shape index (κ1) is 15.0. The summed E-state index contributed by atoms with van der Waals surface area (Å²) in [5, 5.41) is 6.43. The van der Waals surface area contributed by atoms with Crippen molar-refractivity contribution < 1.29 is 10.5 Å². The molecule has 0 spiro atoms. The number of quaternary nitrogens is 1. The van der Waals surface area contributed by atoms with Crippen LogP contribution in [0.1, 0.15) is 6.92 Å². The average Bonchev–Trinajstić information content (AvgIpc) is 2.20. The molecule has 8 heteroatoms. The van der Waals surface area contributed by atoms with Gasteiger partial charge in [-0.25, -0.2) is 0 Å². The second-order valence-corrected chi connectivity index (χ2v) is 1.97. The summed E-state index contributed by atoms with van der Waals surface area (Å²) in [6.45, 7) is 4.66. The van der Waals surface area contributed by atoms with Gasteiger partial charge in [-0.15, -0.1) is 0 Å². The first-order valence-electron chi connectivity index (χ1n) is 4.22. The van der Waals surface area contributed by atoms with E-state index in [1.165, 1.54) is 0 Å². The van der Waals surface area contributed by atoms with Crippen molar-refractivity contribution in [3.63, 3.8) is 0 Å². The van der Waals surface area contributed by atoms with Crippen LogP contribution >= 0.6 is 0 Å². The predicted octanol–water partition coefficient (Wildman–Crippen LogP) is 0.872. The molecule has 80 valence electrons. The van der Waals surface area contributed by atoms with Crippen LogP contribution in [0.4, 0.5) is 0 Å². The van der Waals surface area contributed by atoms with Crippen LogP contribution in [-0.2, 0) is 4.74 Å². The Labute approximate surface area is 82.3 Å². The number of hydrogen-bond donors (Lipinski definition) is 1. The van der Waals surface area contributed by atoms with Crippen molar-refractivity contribution >= 4 is 0 Å². The van der Waals surface area contributed by atoms with E-state index in [0.29, 0.717) is 26.3 Å². The molecule has 14 heavy (non-hydrogen) atoms. The molecule has 0 aliphatic carbocycles. The number of azide groups is 2. The van der Waals surface area contributed by atoms with Gasteiger partial charge < -0.3 is 10.5 Å². The Hall–Kier alpha value is -1.46. The summed E-state index contributed by atoms with van der Waals surface area (Å²) in [6.07, 6.45) is 0. The summed E-state index contributed by atoms with van der Waals surface area (Å²) in [5.74, 6) is 0. The maximum absolute atomic E-state index is 7.81. The van der Waals surface area contributed by atoms with Gasteiger partial charge >= 0.3 is 0 Å². The molecule has 0 aromatic carbocycles. The fourth-order valence-corrected chi connectivity index (χ4v) is 0.417. The largest absolute Gasteiger partial charge is 0.375 e. The Bertz CT molecular complexity index is 194. The summed E-state index contributed by atoms with van der Waals surface area (Å²) in [7, 11) is 0. The third-order valence-corrected chi connectivity index (χ3v) is 0.892. The molecule has 0 atom stereocenters. The van der Waals surface area contributed by atoms with Crippen LogP contribution in [0.3, 0.4) is 0 Å². The lowest BCUT2D eigenvalue weighted by Crippen LogP contribution is -2.52. The molecule has 0 fully saturated rings. The highest BCUT2D eigenvalue weighted by Crippen LogP contribution is 1.74. The van der Waals surface area contributed by atoms with Gasteiger partial charge in [-0.1, -0.05) is 17.2 Å². The molecule has 0 rings (SSSR count). The highest BCUT2D eigenvalue weighted by Gasteiger charge is 1.82. The van der Waals surface area contributed by atoms with E-state index in [9.17, 15) is 0 Å². The summed E-state index contributed by atoms with van der Waals surface area (Å²) in [5.41, 5.74) is 18.9. The molecule has 8 nitrogen and oxygen atoms in total. The summed E-state index contributed by atoms with van der Waals surface area (Å²) in [6, 6.07) is 0. The topological polar surface area (TPSA) is 134 Å². The van der Waals surface area contributed by atoms with Crippen molar-refractivity contribution in [3.8, 4) is 0 Å². The number of hydrogen-bond acceptors (Lipinski definition) is 3. The fraction of sp³-hybridized carbons (Fsp3) is 1.00. The lowest BCUT2D eigenvalue weighted by Gasteiger charge is -1.94. The lowest BCUT2D eigenvalue weighted by molar-refractivity contribution is -0.374. The molecule has 0 aliphatic heterocycles. The normalized spacial score (nSPS) is 7.57. The average molecular weight is 202 g/mol. The molecule has 0 bridgehead atoms. The van der Waals surface area contributed by atoms with Crippen molar-refractivity contribution in [1.82, 2.24) is 0 Å². The minimum atomic E-state index is 0.413. The molecular weight excluding hydrogens is 186 g/mol. The van der Waals surface area contributed by atoms with E-state index in [1.54, 1.807) is 6.92 Å². The maximum Gasteiger partial charge on any atom is 0.0977 e. The van der Waals surface area contributed by atoms with Crippen LogP contribution in [0.2, 0.25) is 0 Å². The molecule has 0 amide bonds. The molecule has 0 unspecified atom stereocenters. The van der Waals surface area contributed by atoms with E-state index in [1.807, 2.05) is 0 Å². The third kappa shape index (κ3) is 22.4.